The van der Waals surface area contributed by atoms with Gasteiger partial charge in [-0.25, -0.2) is 0 Å². The summed E-state index contributed by atoms with van der Waals surface area (Å²) in [5.41, 5.74) is 0.00222. The first-order valence-electron chi connectivity index (χ1n) is 3.62. The summed E-state index contributed by atoms with van der Waals surface area (Å²) in [6.45, 7) is 14.2. The summed E-state index contributed by atoms with van der Waals surface area (Å²) in [7, 11) is 0. The van der Waals surface area contributed by atoms with E-state index >= 15 is 0 Å². The fraction of sp³-hybridized carbons (Fsp3) is 0.778. The first-order valence-corrected chi connectivity index (χ1v) is 3.62. The van der Waals surface area contributed by atoms with Gasteiger partial charge in [-0.1, -0.05) is 13.8 Å². The largest absolute Gasteiger partial charge is 0.291 e. The van der Waals surface area contributed by atoms with E-state index in [-0.39, 0.29) is 11.0 Å². The monoisotopic (exact) mass is 140 g/mol. The highest BCUT2D eigenvalue weighted by Crippen LogP contribution is 2.12. The lowest BCUT2D eigenvalue weighted by Crippen LogP contribution is -2.15. The van der Waals surface area contributed by atoms with Gasteiger partial charge in [0.05, 0.1) is 5.54 Å². The van der Waals surface area contributed by atoms with E-state index in [9.17, 15) is 0 Å². The van der Waals surface area contributed by atoms with Gasteiger partial charge in [-0.05, 0) is 33.1 Å². The van der Waals surface area contributed by atoms with Crippen molar-refractivity contribution >= 4 is 6.21 Å². The number of hydrogen-bond donors (Lipinski definition) is 0. The lowest BCUT2D eigenvalue weighted by Gasteiger charge is -2.16. The Morgan fingerprint density at radius 1 is 1.10 bits per heavy atom. The molecule has 0 aromatic heterocycles. The van der Waals surface area contributed by atoms with Gasteiger partial charge in [0.2, 0.25) is 0 Å². The minimum atomic E-state index is -0.0344. The van der Waals surface area contributed by atoms with E-state index < -0.39 is 0 Å². The number of rotatable bonds is 1. The van der Waals surface area contributed by atoms with Crippen LogP contribution in [0.3, 0.4) is 0 Å². The van der Waals surface area contributed by atoms with Crippen LogP contribution < -0.4 is 0 Å². The normalized spacial score (nSPS) is 14.6. The van der Waals surface area contributed by atoms with E-state index in [1.807, 2.05) is 20.1 Å². The predicted octanol–water partition coefficient (Wildman–Crippen LogP) is 2.72. The van der Waals surface area contributed by atoms with E-state index in [0.29, 0.717) is 0 Å². The highest BCUT2D eigenvalue weighted by atomic mass is 14.8. The van der Waals surface area contributed by atoms with Crippen LogP contribution in [0.15, 0.2) is 4.99 Å². The SMILES string of the molecule is [CH2]C(C)(C)C=NC(C)(C)C. The Balaban J connectivity index is 4.01. The summed E-state index contributed by atoms with van der Waals surface area (Å²) in [5, 5.41) is 0. The molecule has 59 valence electrons. The summed E-state index contributed by atoms with van der Waals surface area (Å²) < 4.78 is 0. The van der Waals surface area contributed by atoms with Gasteiger partial charge in [0, 0.05) is 6.21 Å². The summed E-state index contributed by atoms with van der Waals surface area (Å²) in [5.74, 6) is 0. The number of nitrogens with zero attached hydrogens (tertiary/aromatic N) is 1. The van der Waals surface area contributed by atoms with Crippen LogP contribution in [0.25, 0.3) is 0 Å². The van der Waals surface area contributed by atoms with Crippen molar-refractivity contribution in [1.29, 1.82) is 0 Å². The average Bonchev–Trinajstić information content (AvgIpc) is 1.57. The van der Waals surface area contributed by atoms with Crippen molar-refractivity contribution in [3.05, 3.63) is 6.92 Å². The van der Waals surface area contributed by atoms with Gasteiger partial charge in [0.15, 0.2) is 0 Å². The molecule has 0 amide bonds. The van der Waals surface area contributed by atoms with Crippen molar-refractivity contribution in [2.24, 2.45) is 10.4 Å². The molecule has 0 spiro atoms. The molecular formula is C9H18N. The highest BCUT2D eigenvalue weighted by Gasteiger charge is 2.10. The Kier molecular flexibility index (Phi) is 2.64. The van der Waals surface area contributed by atoms with Crippen molar-refractivity contribution in [2.45, 2.75) is 40.2 Å². The Bertz CT molecular complexity index is 105. The van der Waals surface area contributed by atoms with Gasteiger partial charge in [-0.3, -0.25) is 4.99 Å². The molecule has 0 rings (SSSR count). The molecule has 0 saturated heterocycles. The van der Waals surface area contributed by atoms with Gasteiger partial charge >= 0.3 is 0 Å². The van der Waals surface area contributed by atoms with Crippen molar-refractivity contribution in [3.63, 3.8) is 0 Å². The van der Waals surface area contributed by atoms with E-state index in [4.69, 9.17) is 0 Å². The molecule has 0 N–H and O–H groups in total. The van der Waals surface area contributed by atoms with E-state index in [1.165, 1.54) is 0 Å². The standard InChI is InChI=1S/C9H18N/c1-8(2,3)7-10-9(4,5)6/h7H,1H2,2-6H3. The van der Waals surface area contributed by atoms with Crippen LogP contribution in [0.1, 0.15) is 34.6 Å². The first-order chi connectivity index (χ1) is 4.21. The minimum Gasteiger partial charge on any atom is -0.291 e. The quantitative estimate of drug-likeness (QED) is 0.497. The fourth-order valence-corrected chi connectivity index (χ4v) is 0.368. The zero-order chi connectivity index (χ0) is 8.41. The average molecular weight is 140 g/mol. The van der Waals surface area contributed by atoms with Crippen LogP contribution in [0, 0.1) is 12.3 Å². The lowest BCUT2D eigenvalue weighted by molar-refractivity contribution is 0.570. The molecular weight excluding hydrogens is 122 g/mol. The Morgan fingerprint density at radius 3 is 1.60 bits per heavy atom. The molecule has 0 unspecified atom stereocenters. The third kappa shape index (κ3) is 7.67. The fourth-order valence-electron chi connectivity index (χ4n) is 0.368. The van der Waals surface area contributed by atoms with E-state index in [2.05, 4.69) is 32.7 Å². The van der Waals surface area contributed by atoms with Gasteiger partial charge in [0.1, 0.15) is 0 Å². The van der Waals surface area contributed by atoms with Crippen molar-refractivity contribution < 1.29 is 0 Å². The third-order valence-electron chi connectivity index (χ3n) is 0.801. The molecule has 1 radical (unpaired) electrons. The second-order valence-corrected chi connectivity index (χ2v) is 4.42. The Labute approximate surface area is 64.6 Å². The van der Waals surface area contributed by atoms with Gasteiger partial charge in [-0.2, -0.15) is 0 Å². The van der Waals surface area contributed by atoms with Gasteiger partial charge < -0.3 is 0 Å². The molecule has 0 atom stereocenters. The second kappa shape index (κ2) is 2.73. The predicted molar refractivity (Wildman–Crippen MR) is 47.4 cm³/mol. The summed E-state index contributed by atoms with van der Waals surface area (Å²) in [6, 6.07) is 0. The van der Waals surface area contributed by atoms with Crippen LogP contribution in [0.5, 0.6) is 0 Å². The molecule has 0 bridgehead atoms. The molecule has 0 fully saturated rings. The molecule has 0 aliphatic heterocycles. The van der Waals surface area contributed by atoms with Crippen LogP contribution in [0.2, 0.25) is 0 Å². The van der Waals surface area contributed by atoms with E-state index in [0.717, 1.165) is 0 Å². The zero-order valence-electron chi connectivity index (χ0n) is 7.73. The molecule has 1 heteroatoms. The van der Waals surface area contributed by atoms with E-state index in [1.54, 1.807) is 0 Å². The maximum Gasteiger partial charge on any atom is 0.0520 e. The van der Waals surface area contributed by atoms with Gasteiger partial charge in [-0.15, -0.1) is 0 Å². The summed E-state index contributed by atoms with van der Waals surface area (Å²) >= 11 is 0. The Morgan fingerprint density at radius 2 is 1.50 bits per heavy atom. The highest BCUT2D eigenvalue weighted by molar-refractivity contribution is 5.65. The Hall–Kier alpha value is -0.330. The second-order valence-electron chi connectivity index (χ2n) is 4.42. The topological polar surface area (TPSA) is 12.4 Å². The van der Waals surface area contributed by atoms with Crippen molar-refractivity contribution in [1.82, 2.24) is 0 Å². The molecule has 0 saturated carbocycles. The third-order valence-corrected chi connectivity index (χ3v) is 0.801. The molecule has 0 aromatic rings. The zero-order valence-corrected chi connectivity index (χ0v) is 7.73. The molecule has 0 heterocycles. The molecule has 0 aliphatic carbocycles. The number of hydrogen-bond acceptors (Lipinski definition) is 1. The lowest BCUT2D eigenvalue weighted by atomic mass is 9.98. The van der Waals surface area contributed by atoms with Crippen LogP contribution in [-0.4, -0.2) is 11.8 Å². The number of aliphatic imine (C=N–C) groups is 1. The molecule has 1 nitrogen and oxygen atoms in total. The first kappa shape index (κ1) is 9.67. The summed E-state index contributed by atoms with van der Waals surface area (Å²) in [4.78, 5) is 4.34. The maximum atomic E-state index is 4.34. The van der Waals surface area contributed by atoms with Crippen molar-refractivity contribution in [3.8, 4) is 0 Å². The van der Waals surface area contributed by atoms with Gasteiger partial charge in [0.25, 0.3) is 0 Å². The smallest absolute Gasteiger partial charge is 0.0520 e. The van der Waals surface area contributed by atoms with Crippen LogP contribution in [-0.2, 0) is 0 Å². The molecule has 0 aromatic carbocycles. The minimum absolute atomic E-state index is 0.0344. The van der Waals surface area contributed by atoms with Crippen LogP contribution in [0.4, 0.5) is 0 Å². The molecule has 0 aliphatic rings. The van der Waals surface area contributed by atoms with Crippen LogP contribution >= 0.6 is 0 Å². The maximum absolute atomic E-state index is 4.34. The summed E-state index contributed by atoms with van der Waals surface area (Å²) in [6.07, 6.45) is 1.91. The van der Waals surface area contributed by atoms with Crippen molar-refractivity contribution in [2.75, 3.05) is 0 Å². The molecule has 10 heavy (non-hydrogen) atoms.